The molecule has 2 aliphatic rings. The lowest BCUT2D eigenvalue weighted by molar-refractivity contribution is 1.12. The average molecular weight is 699 g/mol. The molecule has 254 valence electrons. The van der Waals surface area contributed by atoms with Crippen LogP contribution in [0.4, 0.5) is 34.1 Å². The van der Waals surface area contributed by atoms with Crippen LogP contribution in [0.1, 0.15) is 0 Å². The third-order valence-corrected chi connectivity index (χ3v) is 12.2. The Labute approximate surface area is 317 Å². The Balaban J connectivity index is 1.25. The van der Waals surface area contributed by atoms with Crippen LogP contribution in [0.25, 0.3) is 54.7 Å². The van der Waals surface area contributed by atoms with E-state index in [1.54, 1.807) is 0 Å². The largest absolute Gasteiger partial charge is 0.315 e. The van der Waals surface area contributed by atoms with Gasteiger partial charge in [-0.15, -0.1) is 0 Å². The number of rotatable bonds is 3. The number of anilines is 6. The van der Waals surface area contributed by atoms with Crippen LogP contribution in [0.5, 0.6) is 0 Å². The second-order valence-corrected chi connectivity index (χ2v) is 14.9. The van der Waals surface area contributed by atoms with E-state index in [0.717, 1.165) is 17.1 Å². The highest BCUT2D eigenvalue weighted by molar-refractivity contribution is 7.01. The van der Waals surface area contributed by atoms with Gasteiger partial charge in [-0.2, -0.15) is 0 Å². The van der Waals surface area contributed by atoms with E-state index in [9.17, 15) is 0 Å². The van der Waals surface area contributed by atoms with Crippen LogP contribution < -0.4 is 26.2 Å². The molecule has 0 amide bonds. The van der Waals surface area contributed by atoms with Gasteiger partial charge in [-0.3, -0.25) is 0 Å². The summed E-state index contributed by atoms with van der Waals surface area (Å²) in [6.07, 6.45) is 2.23. The topological polar surface area (TPSA) is 15.8 Å². The van der Waals surface area contributed by atoms with Crippen molar-refractivity contribution in [2.24, 2.45) is 0 Å². The van der Waals surface area contributed by atoms with E-state index in [2.05, 4.69) is 207 Å². The Morgan fingerprint density at radius 1 is 0.400 bits per heavy atom. The molecule has 13 rings (SSSR count). The molecule has 5 heterocycles. The maximum Gasteiger partial charge on any atom is 0.252 e. The van der Waals surface area contributed by atoms with Crippen LogP contribution in [0.3, 0.4) is 0 Å². The number of hydrogen-bond donors (Lipinski definition) is 0. The predicted molar refractivity (Wildman–Crippen MR) is 232 cm³/mol. The molecule has 5 heteroatoms. The van der Waals surface area contributed by atoms with E-state index in [4.69, 9.17) is 0 Å². The van der Waals surface area contributed by atoms with Crippen LogP contribution in [0, 0.1) is 0 Å². The van der Waals surface area contributed by atoms with Crippen molar-refractivity contribution in [3.05, 3.63) is 188 Å². The lowest BCUT2D eigenvalue weighted by atomic mass is 9.33. The minimum absolute atomic E-state index is 0.0184. The van der Waals surface area contributed by atoms with Crippen molar-refractivity contribution in [3.8, 4) is 5.69 Å². The predicted octanol–water partition coefficient (Wildman–Crippen LogP) is 10.9. The highest BCUT2D eigenvalue weighted by Gasteiger charge is 2.45. The molecule has 0 atom stereocenters. The Morgan fingerprint density at radius 3 is 1.67 bits per heavy atom. The summed E-state index contributed by atoms with van der Waals surface area (Å²) in [7, 11) is 0. The Bertz CT molecular complexity index is 3330. The van der Waals surface area contributed by atoms with E-state index < -0.39 is 0 Å². The smallest absolute Gasteiger partial charge is 0.252 e. The lowest BCUT2D eigenvalue weighted by Crippen LogP contribution is -2.61. The van der Waals surface area contributed by atoms with E-state index in [1.807, 2.05) is 0 Å². The number of aromatic nitrogens is 2. The van der Waals surface area contributed by atoms with Gasteiger partial charge >= 0.3 is 0 Å². The van der Waals surface area contributed by atoms with E-state index in [-0.39, 0.29) is 6.71 Å². The SMILES string of the molecule is c1ccc(N2c3cccc4c3B(c3cc5c6ccccc6n6c7ccccc7c(c32)c56)c2ccc3ccn(-c5ccccc5)c3c2N4c2ccccc2)cc1. The minimum atomic E-state index is -0.0184. The van der Waals surface area contributed by atoms with Gasteiger partial charge in [-0.1, -0.05) is 115 Å². The van der Waals surface area contributed by atoms with Gasteiger partial charge in [-0.05, 0) is 83.1 Å². The average Bonchev–Trinajstić information content (AvgIpc) is 3.94. The van der Waals surface area contributed by atoms with Crippen molar-refractivity contribution < 1.29 is 0 Å². The number of hydrogen-bond acceptors (Lipinski definition) is 2. The minimum Gasteiger partial charge on any atom is -0.315 e. The zero-order valence-corrected chi connectivity index (χ0v) is 29.8. The van der Waals surface area contributed by atoms with E-state index in [1.165, 1.54) is 88.1 Å². The lowest BCUT2D eigenvalue weighted by Gasteiger charge is -2.44. The fourth-order valence-electron chi connectivity index (χ4n) is 10.1. The fraction of sp³-hybridized carbons (Fsp3) is 0. The summed E-state index contributed by atoms with van der Waals surface area (Å²) < 4.78 is 4.89. The maximum atomic E-state index is 2.56. The molecule has 0 aliphatic carbocycles. The van der Waals surface area contributed by atoms with Gasteiger partial charge in [0.25, 0.3) is 6.71 Å². The molecule has 0 unspecified atom stereocenters. The van der Waals surface area contributed by atoms with Crippen molar-refractivity contribution >= 4 is 106 Å². The quantitative estimate of drug-likeness (QED) is 0.171. The molecule has 0 fully saturated rings. The molecule has 0 spiro atoms. The van der Waals surface area contributed by atoms with Gasteiger partial charge in [0.15, 0.2) is 0 Å². The van der Waals surface area contributed by atoms with Gasteiger partial charge in [-0.25, -0.2) is 0 Å². The zero-order chi connectivity index (χ0) is 35.8. The third kappa shape index (κ3) is 3.72. The molecule has 0 saturated heterocycles. The Morgan fingerprint density at radius 2 is 0.982 bits per heavy atom. The summed E-state index contributed by atoms with van der Waals surface area (Å²) in [6.45, 7) is -0.0184. The number of benzene rings is 8. The molecule has 0 saturated carbocycles. The molecule has 3 aromatic heterocycles. The van der Waals surface area contributed by atoms with Gasteiger partial charge in [0, 0.05) is 61.6 Å². The van der Waals surface area contributed by atoms with Crippen LogP contribution in [0.2, 0.25) is 0 Å². The first-order valence-corrected chi connectivity index (χ1v) is 19.1. The zero-order valence-electron chi connectivity index (χ0n) is 29.8. The van der Waals surface area contributed by atoms with Crippen LogP contribution in [0.15, 0.2) is 188 Å². The number of fused-ring (bicyclic) bond motifs is 13. The molecule has 55 heavy (non-hydrogen) atoms. The Hall–Kier alpha value is -7.24. The molecule has 0 bridgehead atoms. The highest BCUT2D eigenvalue weighted by Crippen LogP contribution is 2.50. The van der Waals surface area contributed by atoms with E-state index in [0.29, 0.717) is 0 Å². The first-order chi connectivity index (χ1) is 27.3. The van der Waals surface area contributed by atoms with Crippen molar-refractivity contribution in [1.29, 1.82) is 0 Å². The van der Waals surface area contributed by atoms with Crippen LogP contribution in [-0.4, -0.2) is 15.7 Å². The summed E-state index contributed by atoms with van der Waals surface area (Å²) >= 11 is 0. The molecule has 11 aromatic rings. The molecular weight excluding hydrogens is 667 g/mol. The first-order valence-electron chi connectivity index (χ1n) is 19.1. The van der Waals surface area contributed by atoms with Gasteiger partial charge < -0.3 is 18.8 Å². The summed E-state index contributed by atoms with van der Waals surface area (Å²) in [5, 5.41) is 6.39. The van der Waals surface area contributed by atoms with Crippen molar-refractivity contribution in [2.45, 2.75) is 0 Å². The van der Waals surface area contributed by atoms with Crippen LogP contribution in [-0.2, 0) is 0 Å². The Kier molecular flexibility index (Phi) is 5.68. The molecule has 4 nitrogen and oxygen atoms in total. The standard InChI is InChI=1S/C50H31BN4/c1-4-15-33(16-5-1)52-30-29-32-27-28-39-50(47(32)52)54(35-19-8-3-9-20-35)44-26-14-25-43-46(44)51(39)40-31-38-36-21-10-12-23-41(36)55-42-24-13-11-22-37(42)45(48(38)55)49(40)53(43)34-17-6-2-7-18-34/h1-31H. The van der Waals surface area contributed by atoms with Gasteiger partial charge in [0.2, 0.25) is 0 Å². The first kappa shape index (κ1) is 29.2. The van der Waals surface area contributed by atoms with Crippen molar-refractivity contribution in [3.63, 3.8) is 0 Å². The summed E-state index contributed by atoms with van der Waals surface area (Å²) in [5.74, 6) is 0. The third-order valence-electron chi connectivity index (χ3n) is 12.2. The van der Waals surface area contributed by atoms with E-state index >= 15 is 0 Å². The summed E-state index contributed by atoms with van der Waals surface area (Å²) in [5.41, 5.74) is 17.3. The fourth-order valence-corrected chi connectivity index (χ4v) is 10.1. The van der Waals surface area contributed by atoms with Crippen molar-refractivity contribution in [2.75, 3.05) is 9.80 Å². The molecule has 0 radical (unpaired) electrons. The summed E-state index contributed by atoms with van der Waals surface area (Å²) in [6, 6.07) is 67.1. The second kappa shape index (κ2) is 10.7. The van der Waals surface area contributed by atoms with Gasteiger partial charge in [0.05, 0.1) is 33.4 Å². The molecule has 2 aliphatic heterocycles. The van der Waals surface area contributed by atoms with Crippen molar-refractivity contribution in [1.82, 2.24) is 8.97 Å². The summed E-state index contributed by atoms with van der Waals surface area (Å²) in [4.78, 5) is 5.09. The normalized spacial score (nSPS) is 13.3. The number of para-hydroxylation sites is 5. The number of nitrogens with zero attached hydrogens (tertiary/aromatic N) is 4. The second-order valence-electron chi connectivity index (χ2n) is 14.9. The van der Waals surface area contributed by atoms with Crippen LogP contribution >= 0.6 is 0 Å². The molecule has 8 aromatic carbocycles. The molecule has 0 N–H and O–H groups in total. The monoisotopic (exact) mass is 698 g/mol. The molecular formula is C50H31BN4. The highest BCUT2D eigenvalue weighted by atomic mass is 15.2. The maximum absolute atomic E-state index is 2.56. The van der Waals surface area contributed by atoms with Gasteiger partial charge in [0.1, 0.15) is 0 Å².